The molecule has 168 valence electrons. The fourth-order valence-electron chi connectivity index (χ4n) is 9.04. The molecule has 8 atom stereocenters. The summed E-state index contributed by atoms with van der Waals surface area (Å²) in [5, 5.41) is 0. The van der Waals surface area contributed by atoms with Crippen LogP contribution in [0, 0.1) is 46.3 Å². The number of hydrogen-bond acceptors (Lipinski definition) is 3. The summed E-state index contributed by atoms with van der Waals surface area (Å²) in [7, 11) is -4.30. The fourth-order valence-corrected chi connectivity index (χ4v) is 9.37. The molecular formula is C24H42O4S. The Hall–Kier alpha value is -0.130. The van der Waals surface area contributed by atoms with Gasteiger partial charge in [0.2, 0.25) is 0 Å². The lowest BCUT2D eigenvalue weighted by Gasteiger charge is -2.61. The highest BCUT2D eigenvalue weighted by molar-refractivity contribution is 7.80. The highest BCUT2D eigenvalue weighted by Crippen LogP contribution is 2.68. The molecular weight excluding hydrogens is 384 g/mol. The standard InChI is InChI=1S/C24H42O4S/c1-17(7-6-16-28-29(25,26)27)20-11-12-21-19-10-9-18-8-4-5-14-23(18,2)22(19)13-15-24(20,21)3/h17-22H,4-16H2,1-3H3,(H,25,26,27)/t17-,18+,19?,20?,21?,22?,23+,24-/m1/s1. The molecule has 4 saturated carbocycles. The second-order valence-corrected chi connectivity index (χ2v) is 12.6. The minimum absolute atomic E-state index is 0.0977. The molecule has 4 rings (SSSR count). The molecule has 0 bridgehead atoms. The maximum absolute atomic E-state index is 10.8. The van der Waals surface area contributed by atoms with Gasteiger partial charge in [0.15, 0.2) is 0 Å². The Kier molecular flexibility index (Phi) is 6.16. The molecule has 1 N–H and O–H groups in total. The summed E-state index contributed by atoms with van der Waals surface area (Å²) in [4.78, 5) is 0. The summed E-state index contributed by atoms with van der Waals surface area (Å²) in [6.07, 6.45) is 16.0. The SMILES string of the molecule is C[C@H](CCCOS(=O)(=O)O)C1CCC2C3CC[C@@H]4CCCC[C@]4(C)C3CC[C@@]21C. The van der Waals surface area contributed by atoms with Crippen LogP contribution in [0.5, 0.6) is 0 Å². The zero-order valence-electron chi connectivity index (χ0n) is 18.7. The van der Waals surface area contributed by atoms with E-state index in [0.717, 1.165) is 36.0 Å². The molecule has 0 aromatic heterocycles. The van der Waals surface area contributed by atoms with Gasteiger partial charge in [-0.15, -0.1) is 0 Å². The van der Waals surface area contributed by atoms with Gasteiger partial charge in [-0.3, -0.25) is 4.55 Å². The van der Waals surface area contributed by atoms with E-state index in [9.17, 15) is 8.42 Å². The summed E-state index contributed by atoms with van der Waals surface area (Å²) in [5.41, 5.74) is 1.07. The predicted octanol–water partition coefficient (Wildman–Crippen LogP) is 6.27. The average molecular weight is 427 g/mol. The second-order valence-electron chi connectivity index (χ2n) is 11.5. The molecule has 0 aromatic carbocycles. The molecule has 4 unspecified atom stereocenters. The highest BCUT2D eigenvalue weighted by atomic mass is 32.3. The van der Waals surface area contributed by atoms with Gasteiger partial charge in [-0.25, -0.2) is 4.18 Å². The van der Waals surface area contributed by atoms with Gasteiger partial charge in [0.05, 0.1) is 6.61 Å². The van der Waals surface area contributed by atoms with Crippen molar-refractivity contribution >= 4 is 10.4 Å². The van der Waals surface area contributed by atoms with Gasteiger partial charge in [0.25, 0.3) is 0 Å². The quantitative estimate of drug-likeness (QED) is 0.401. The first-order chi connectivity index (χ1) is 13.7. The first kappa shape index (κ1) is 22.1. The Balaban J connectivity index is 1.41. The Labute approximate surface area is 178 Å². The zero-order valence-corrected chi connectivity index (χ0v) is 19.6. The Bertz CT molecular complexity index is 691. The van der Waals surface area contributed by atoms with Crippen LogP contribution in [0.4, 0.5) is 0 Å². The van der Waals surface area contributed by atoms with Crippen molar-refractivity contribution in [1.29, 1.82) is 0 Å². The maximum Gasteiger partial charge on any atom is 0.397 e. The summed E-state index contributed by atoms with van der Waals surface area (Å²) in [6, 6.07) is 0. The van der Waals surface area contributed by atoms with Crippen molar-refractivity contribution in [1.82, 2.24) is 0 Å². The van der Waals surface area contributed by atoms with Crippen LogP contribution in [0.25, 0.3) is 0 Å². The molecule has 0 aliphatic heterocycles. The van der Waals surface area contributed by atoms with E-state index in [4.69, 9.17) is 4.55 Å². The maximum atomic E-state index is 10.8. The smallest absolute Gasteiger partial charge is 0.264 e. The van der Waals surface area contributed by atoms with Gasteiger partial charge in [0, 0.05) is 0 Å². The van der Waals surface area contributed by atoms with Gasteiger partial charge >= 0.3 is 10.4 Å². The summed E-state index contributed by atoms with van der Waals surface area (Å²) >= 11 is 0. The van der Waals surface area contributed by atoms with Crippen LogP contribution in [0.2, 0.25) is 0 Å². The number of hydrogen-bond donors (Lipinski definition) is 1. The molecule has 5 heteroatoms. The monoisotopic (exact) mass is 426 g/mol. The summed E-state index contributed by atoms with van der Waals surface area (Å²) < 4.78 is 34.8. The second kappa shape index (κ2) is 8.09. The topological polar surface area (TPSA) is 63.6 Å². The minimum atomic E-state index is -4.30. The van der Waals surface area contributed by atoms with E-state index in [-0.39, 0.29) is 6.61 Å². The fraction of sp³-hybridized carbons (Fsp3) is 1.00. The Morgan fingerprint density at radius 2 is 1.72 bits per heavy atom. The van der Waals surface area contributed by atoms with Crippen LogP contribution in [0.15, 0.2) is 0 Å². The van der Waals surface area contributed by atoms with Crippen molar-refractivity contribution in [3.05, 3.63) is 0 Å². The third-order valence-corrected chi connectivity index (χ3v) is 10.8. The molecule has 4 aliphatic rings. The van der Waals surface area contributed by atoms with Crippen LogP contribution in [-0.2, 0) is 14.6 Å². The molecule has 29 heavy (non-hydrogen) atoms. The van der Waals surface area contributed by atoms with Crippen molar-refractivity contribution in [3.63, 3.8) is 0 Å². The lowest BCUT2D eigenvalue weighted by molar-refractivity contribution is -0.114. The van der Waals surface area contributed by atoms with Gasteiger partial charge in [-0.05, 0) is 111 Å². The van der Waals surface area contributed by atoms with Gasteiger partial charge in [-0.1, -0.05) is 33.6 Å². The van der Waals surface area contributed by atoms with E-state index >= 15 is 0 Å². The van der Waals surface area contributed by atoms with Crippen molar-refractivity contribution in [2.45, 2.75) is 97.8 Å². The predicted molar refractivity (Wildman–Crippen MR) is 116 cm³/mol. The molecule has 0 amide bonds. The lowest BCUT2D eigenvalue weighted by Crippen LogP contribution is -2.53. The third-order valence-electron chi connectivity index (χ3n) is 10.4. The molecule has 4 nitrogen and oxygen atoms in total. The number of rotatable bonds is 6. The molecule has 0 spiro atoms. The van der Waals surface area contributed by atoms with Crippen LogP contribution >= 0.6 is 0 Å². The zero-order chi connectivity index (χ0) is 20.9. The normalized spacial score (nSPS) is 45.9. The Morgan fingerprint density at radius 1 is 0.966 bits per heavy atom. The van der Waals surface area contributed by atoms with Crippen molar-refractivity contribution in [3.8, 4) is 0 Å². The first-order valence-corrected chi connectivity index (χ1v) is 13.6. The highest BCUT2D eigenvalue weighted by Gasteiger charge is 2.59. The average Bonchev–Trinajstić information content (AvgIpc) is 3.01. The minimum Gasteiger partial charge on any atom is -0.264 e. The van der Waals surface area contributed by atoms with Crippen LogP contribution in [0.3, 0.4) is 0 Å². The van der Waals surface area contributed by atoms with Crippen molar-refractivity contribution < 1.29 is 17.2 Å². The molecule has 4 aliphatic carbocycles. The van der Waals surface area contributed by atoms with Gasteiger partial charge in [0.1, 0.15) is 0 Å². The molecule has 4 fully saturated rings. The van der Waals surface area contributed by atoms with Crippen LogP contribution < -0.4 is 0 Å². The molecule has 0 radical (unpaired) electrons. The summed E-state index contributed by atoms with van der Waals surface area (Å²) in [5.74, 6) is 5.11. The largest absolute Gasteiger partial charge is 0.397 e. The number of fused-ring (bicyclic) bond motifs is 5. The van der Waals surface area contributed by atoms with Gasteiger partial charge in [-0.2, -0.15) is 8.42 Å². The van der Waals surface area contributed by atoms with E-state index in [2.05, 4.69) is 25.0 Å². The van der Waals surface area contributed by atoms with E-state index < -0.39 is 10.4 Å². The molecule has 0 heterocycles. The van der Waals surface area contributed by atoms with E-state index in [1.165, 1.54) is 64.2 Å². The lowest BCUT2D eigenvalue weighted by atomic mass is 9.44. The molecule has 0 aromatic rings. The third kappa shape index (κ3) is 4.05. The van der Waals surface area contributed by atoms with Crippen LogP contribution in [0.1, 0.15) is 97.8 Å². The van der Waals surface area contributed by atoms with Crippen molar-refractivity contribution in [2.24, 2.45) is 46.3 Å². The van der Waals surface area contributed by atoms with E-state index in [1.807, 2.05) is 0 Å². The first-order valence-electron chi connectivity index (χ1n) is 12.3. The molecule has 0 saturated heterocycles. The Morgan fingerprint density at radius 3 is 2.48 bits per heavy atom. The van der Waals surface area contributed by atoms with Gasteiger partial charge < -0.3 is 0 Å². The summed E-state index contributed by atoms with van der Waals surface area (Å²) in [6.45, 7) is 7.70. The van der Waals surface area contributed by atoms with Crippen LogP contribution in [-0.4, -0.2) is 19.6 Å². The van der Waals surface area contributed by atoms with Crippen molar-refractivity contribution in [2.75, 3.05) is 6.61 Å². The van der Waals surface area contributed by atoms with E-state index in [0.29, 0.717) is 23.2 Å². The van der Waals surface area contributed by atoms with E-state index in [1.54, 1.807) is 0 Å².